The number of halogens is 2. The molecule has 9 nitrogen and oxygen atoms in total. The lowest BCUT2D eigenvalue weighted by Gasteiger charge is -2.12. The molecule has 1 saturated carbocycles. The number of hydrogen-bond acceptors (Lipinski definition) is 7. The van der Waals surface area contributed by atoms with E-state index in [1.165, 1.54) is 9.99 Å². The molecule has 138 valence electrons. The molecule has 0 saturated heterocycles. The Bertz CT molecular complexity index is 878. The van der Waals surface area contributed by atoms with Gasteiger partial charge in [-0.3, -0.25) is 4.79 Å². The van der Waals surface area contributed by atoms with Crippen LogP contribution in [0.3, 0.4) is 0 Å². The van der Waals surface area contributed by atoms with Crippen LogP contribution in [0.15, 0.2) is 24.5 Å². The maximum Gasteiger partial charge on any atom is 0.403 e. The summed E-state index contributed by atoms with van der Waals surface area (Å²) in [4.78, 5) is 41.2. The zero-order valence-electron chi connectivity index (χ0n) is 13.5. The van der Waals surface area contributed by atoms with Gasteiger partial charge in [0.05, 0.1) is 7.11 Å². The number of amides is 1. The van der Waals surface area contributed by atoms with Gasteiger partial charge in [0, 0.05) is 12.4 Å². The lowest BCUT2D eigenvalue weighted by Crippen LogP contribution is -2.45. The molecule has 0 spiro atoms. The standard InChI is InChI=1S/C15H14F2N4O5/c1-25-13(23)12(22)19-20-26-14(24)15(16,17)10-7-21-6-9(8-2-3-8)4-5-11(21)18-10/h4-8,20H,2-3H2,1H3,(H,19,22). The van der Waals surface area contributed by atoms with Gasteiger partial charge >= 0.3 is 23.8 Å². The molecule has 26 heavy (non-hydrogen) atoms. The topological polar surface area (TPSA) is 111 Å². The van der Waals surface area contributed by atoms with E-state index >= 15 is 0 Å². The molecule has 1 aliphatic rings. The van der Waals surface area contributed by atoms with Crippen molar-refractivity contribution < 1.29 is 32.7 Å². The van der Waals surface area contributed by atoms with E-state index < -0.39 is 29.5 Å². The molecule has 0 bridgehead atoms. The van der Waals surface area contributed by atoms with Gasteiger partial charge in [-0.15, -0.1) is 0 Å². The fourth-order valence-electron chi connectivity index (χ4n) is 2.25. The van der Waals surface area contributed by atoms with E-state index in [4.69, 9.17) is 0 Å². The van der Waals surface area contributed by atoms with Crippen LogP contribution in [0.4, 0.5) is 8.78 Å². The van der Waals surface area contributed by atoms with Gasteiger partial charge in [0.25, 0.3) is 0 Å². The molecule has 2 heterocycles. The lowest BCUT2D eigenvalue weighted by molar-refractivity contribution is -0.185. The van der Waals surface area contributed by atoms with Crippen LogP contribution in [0.5, 0.6) is 0 Å². The molecule has 1 amide bonds. The van der Waals surface area contributed by atoms with E-state index in [1.54, 1.807) is 17.7 Å². The normalized spacial score (nSPS) is 14.1. The number of carbonyl (C=O) groups is 3. The van der Waals surface area contributed by atoms with E-state index in [0.29, 0.717) is 5.92 Å². The van der Waals surface area contributed by atoms with Crippen LogP contribution in [0.25, 0.3) is 5.65 Å². The Kier molecular flexibility index (Phi) is 4.55. The Labute approximate surface area is 145 Å². The summed E-state index contributed by atoms with van der Waals surface area (Å²) < 4.78 is 33.9. The SMILES string of the molecule is COC(=O)C(=O)NNOC(=O)C(F)(F)c1cn2cc(C3CC3)ccc2n1. The number of aromatic nitrogens is 2. The highest BCUT2D eigenvalue weighted by Crippen LogP contribution is 2.40. The van der Waals surface area contributed by atoms with Crippen LogP contribution >= 0.6 is 0 Å². The molecule has 2 aromatic heterocycles. The number of fused-ring (bicyclic) bond motifs is 1. The van der Waals surface area contributed by atoms with Crippen molar-refractivity contribution in [2.75, 3.05) is 7.11 Å². The van der Waals surface area contributed by atoms with Gasteiger partial charge in [-0.2, -0.15) is 8.78 Å². The Hall–Kier alpha value is -3.08. The van der Waals surface area contributed by atoms with Crippen LogP contribution in [0.1, 0.15) is 30.0 Å². The highest BCUT2D eigenvalue weighted by atomic mass is 19.3. The number of rotatable bonds is 5. The van der Waals surface area contributed by atoms with Crippen molar-refractivity contribution in [3.8, 4) is 0 Å². The molecule has 1 fully saturated rings. The molecular weight excluding hydrogens is 354 g/mol. The van der Waals surface area contributed by atoms with Gasteiger partial charge in [0.1, 0.15) is 11.3 Å². The third-order valence-electron chi connectivity index (χ3n) is 3.78. The molecule has 3 rings (SSSR count). The second-order valence-corrected chi connectivity index (χ2v) is 5.64. The summed E-state index contributed by atoms with van der Waals surface area (Å²) in [6.07, 6.45) is 4.84. The quantitative estimate of drug-likeness (QED) is 0.451. The number of carbonyl (C=O) groups excluding carboxylic acids is 3. The Balaban J connectivity index is 1.68. The number of nitrogens with one attached hydrogen (secondary N) is 2. The number of nitrogens with zero attached hydrogens (tertiary/aromatic N) is 2. The van der Waals surface area contributed by atoms with Gasteiger partial charge in [0.2, 0.25) is 0 Å². The van der Waals surface area contributed by atoms with Crippen LogP contribution in [0, 0.1) is 0 Å². The summed E-state index contributed by atoms with van der Waals surface area (Å²) in [5.41, 5.74) is 3.51. The predicted molar refractivity (Wildman–Crippen MR) is 80.4 cm³/mol. The minimum Gasteiger partial charge on any atom is -0.462 e. The van der Waals surface area contributed by atoms with Crippen molar-refractivity contribution in [3.63, 3.8) is 0 Å². The van der Waals surface area contributed by atoms with Gasteiger partial charge in [-0.05, 0) is 30.4 Å². The highest BCUT2D eigenvalue weighted by Gasteiger charge is 2.46. The summed E-state index contributed by atoms with van der Waals surface area (Å²) in [6, 6.07) is 3.40. The molecule has 2 aromatic rings. The number of methoxy groups -OCH3 is 1. The molecule has 11 heteroatoms. The maximum atomic E-state index is 14.2. The summed E-state index contributed by atoms with van der Waals surface area (Å²) in [5, 5.41) is 0. The zero-order chi connectivity index (χ0) is 18.9. The first kappa shape index (κ1) is 17.7. The third-order valence-corrected chi connectivity index (χ3v) is 3.78. The van der Waals surface area contributed by atoms with Gasteiger partial charge in [-0.1, -0.05) is 11.7 Å². The van der Waals surface area contributed by atoms with Crippen LogP contribution in [-0.4, -0.2) is 34.3 Å². The van der Waals surface area contributed by atoms with E-state index in [-0.39, 0.29) is 5.65 Å². The molecule has 0 aliphatic heterocycles. The number of hydrogen-bond donors (Lipinski definition) is 2. The maximum absolute atomic E-state index is 14.2. The number of alkyl halides is 2. The Morgan fingerprint density at radius 1 is 1.27 bits per heavy atom. The molecule has 0 radical (unpaired) electrons. The van der Waals surface area contributed by atoms with Crippen molar-refractivity contribution in [2.24, 2.45) is 0 Å². The molecule has 2 N–H and O–H groups in total. The average Bonchev–Trinajstić information content (AvgIpc) is 3.38. The fourth-order valence-corrected chi connectivity index (χ4v) is 2.25. The monoisotopic (exact) mass is 368 g/mol. The molecule has 0 unspecified atom stereocenters. The zero-order valence-corrected chi connectivity index (χ0v) is 13.5. The minimum atomic E-state index is -4.07. The van der Waals surface area contributed by atoms with E-state index in [9.17, 15) is 23.2 Å². The fraction of sp³-hybridized carbons (Fsp3) is 0.333. The number of imidazole rings is 1. The lowest BCUT2D eigenvalue weighted by atomic mass is 10.2. The van der Waals surface area contributed by atoms with Crippen molar-refractivity contribution in [1.82, 2.24) is 20.4 Å². The van der Waals surface area contributed by atoms with E-state index in [0.717, 1.165) is 31.7 Å². The van der Waals surface area contributed by atoms with Crippen LogP contribution < -0.4 is 11.0 Å². The first-order chi connectivity index (χ1) is 12.3. The molecular formula is C15H14F2N4O5. The van der Waals surface area contributed by atoms with E-state index in [2.05, 4.69) is 14.6 Å². The highest BCUT2D eigenvalue weighted by molar-refractivity contribution is 6.32. The molecule has 0 atom stereocenters. The first-order valence-corrected chi connectivity index (χ1v) is 7.54. The largest absolute Gasteiger partial charge is 0.462 e. The number of hydrazine groups is 1. The molecule has 1 aliphatic carbocycles. The van der Waals surface area contributed by atoms with Crippen molar-refractivity contribution >= 4 is 23.5 Å². The van der Waals surface area contributed by atoms with E-state index in [1.807, 2.05) is 6.07 Å². The van der Waals surface area contributed by atoms with Crippen molar-refractivity contribution in [3.05, 3.63) is 35.8 Å². The Morgan fingerprint density at radius 3 is 2.65 bits per heavy atom. The van der Waals surface area contributed by atoms with Gasteiger partial charge in [-0.25, -0.2) is 20.0 Å². The van der Waals surface area contributed by atoms with Crippen molar-refractivity contribution in [1.29, 1.82) is 0 Å². The second-order valence-electron chi connectivity index (χ2n) is 5.64. The predicted octanol–water partition coefficient (Wildman–Crippen LogP) is 0.555. The summed E-state index contributed by atoms with van der Waals surface area (Å²) >= 11 is 0. The van der Waals surface area contributed by atoms with Crippen LogP contribution in [-0.2, 0) is 29.9 Å². The smallest absolute Gasteiger partial charge is 0.403 e. The Morgan fingerprint density at radius 2 is 2.00 bits per heavy atom. The van der Waals surface area contributed by atoms with Crippen LogP contribution in [0.2, 0.25) is 0 Å². The third kappa shape index (κ3) is 3.47. The van der Waals surface area contributed by atoms with Gasteiger partial charge in [0.15, 0.2) is 0 Å². The number of ether oxygens (including phenoxy) is 1. The summed E-state index contributed by atoms with van der Waals surface area (Å²) in [6.45, 7) is 0. The average molecular weight is 368 g/mol. The summed E-state index contributed by atoms with van der Waals surface area (Å²) in [5.74, 6) is -8.28. The first-order valence-electron chi connectivity index (χ1n) is 7.54. The minimum absolute atomic E-state index is 0.254. The summed E-state index contributed by atoms with van der Waals surface area (Å²) in [7, 11) is 0.945. The second kappa shape index (κ2) is 6.67. The molecule has 0 aromatic carbocycles. The number of esters is 1. The van der Waals surface area contributed by atoms with Gasteiger partial charge < -0.3 is 14.0 Å². The number of pyridine rings is 1. The van der Waals surface area contributed by atoms with Crippen molar-refractivity contribution in [2.45, 2.75) is 24.7 Å².